The number of nitrogens with zero attached hydrogens (tertiary/aromatic N) is 3. The molecule has 31 heavy (non-hydrogen) atoms. The Hall–Kier alpha value is -2.99. The first-order valence-corrected chi connectivity index (χ1v) is 11.4. The van der Waals surface area contributed by atoms with Gasteiger partial charge < -0.3 is 9.30 Å². The first-order valence-electron chi connectivity index (χ1n) is 10.6. The van der Waals surface area contributed by atoms with Gasteiger partial charge in [0.25, 0.3) is 0 Å². The average Bonchev–Trinajstić information content (AvgIpc) is 3.41. The number of carbonyl (C=O) groups is 1. The quantitative estimate of drug-likeness (QED) is 0.393. The lowest BCUT2D eigenvalue weighted by atomic mass is 10.1. The number of Topliss-reactive ketones (excluding diaryl/α,β-unsaturated/α-hetero) is 1. The molecule has 1 aromatic carbocycles. The summed E-state index contributed by atoms with van der Waals surface area (Å²) in [6.45, 7) is 8.20. The van der Waals surface area contributed by atoms with Crippen molar-refractivity contribution < 1.29 is 9.53 Å². The molecule has 0 unspecified atom stereocenters. The maximum absolute atomic E-state index is 13.1. The minimum absolute atomic E-state index is 0.0338. The second-order valence-electron chi connectivity index (χ2n) is 8.32. The Balaban J connectivity index is 1.42. The lowest BCUT2D eigenvalue weighted by molar-refractivity contribution is 0.0918. The summed E-state index contributed by atoms with van der Waals surface area (Å²) in [4.78, 5) is 24.2. The summed E-state index contributed by atoms with van der Waals surface area (Å²) in [5.41, 5.74) is 7.52. The fourth-order valence-electron chi connectivity index (χ4n) is 4.53. The topological polar surface area (TPSA) is 57.0 Å². The van der Waals surface area contributed by atoms with E-state index in [1.165, 1.54) is 27.9 Å². The highest BCUT2D eigenvalue weighted by atomic mass is 32.1. The predicted octanol–water partition coefficient (Wildman–Crippen LogP) is 5.47. The standard InChI is InChI=1S/C25H25N3O2S/c1-14-8-9-18(10-15(14)2)28-16(3)11-20(17(28)4)21(29)12-30-24-23-19-6-5-7-22(19)31-25(23)27-13-26-24/h8-11,13H,5-7,12H2,1-4H3. The van der Waals surface area contributed by atoms with Crippen molar-refractivity contribution in [1.29, 1.82) is 0 Å². The zero-order valence-corrected chi connectivity index (χ0v) is 19.1. The van der Waals surface area contributed by atoms with Crippen LogP contribution in [0.4, 0.5) is 0 Å². The number of hydrogen-bond donors (Lipinski definition) is 0. The van der Waals surface area contributed by atoms with Crippen molar-refractivity contribution in [3.8, 4) is 11.6 Å². The van der Waals surface area contributed by atoms with Crippen LogP contribution in [0, 0.1) is 27.7 Å². The highest BCUT2D eigenvalue weighted by Crippen LogP contribution is 2.39. The predicted molar refractivity (Wildman–Crippen MR) is 124 cm³/mol. The van der Waals surface area contributed by atoms with Crippen LogP contribution >= 0.6 is 11.3 Å². The van der Waals surface area contributed by atoms with Gasteiger partial charge in [-0.2, -0.15) is 0 Å². The highest BCUT2D eigenvalue weighted by Gasteiger charge is 2.23. The molecule has 0 aliphatic heterocycles. The molecule has 1 aliphatic carbocycles. The Morgan fingerprint density at radius 3 is 2.74 bits per heavy atom. The molecular formula is C25H25N3O2S. The summed E-state index contributed by atoms with van der Waals surface area (Å²) < 4.78 is 8.09. The number of fused-ring (bicyclic) bond motifs is 3. The first kappa shape index (κ1) is 19.9. The Kier molecular flexibility index (Phi) is 4.89. The number of thiophene rings is 1. The number of aromatic nitrogens is 3. The van der Waals surface area contributed by atoms with E-state index in [1.807, 2.05) is 19.9 Å². The molecule has 158 valence electrons. The van der Waals surface area contributed by atoms with Gasteiger partial charge in [0.2, 0.25) is 11.7 Å². The number of rotatable bonds is 5. The second kappa shape index (κ2) is 7.61. The third-order valence-electron chi connectivity index (χ3n) is 6.29. The van der Waals surface area contributed by atoms with Crippen LogP contribution in [0.2, 0.25) is 0 Å². The number of ether oxygens (including phenoxy) is 1. The fourth-order valence-corrected chi connectivity index (χ4v) is 5.75. The van der Waals surface area contributed by atoms with Crippen molar-refractivity contribution >= 4 is 27.3 Å². The van der Waals surface area contributed by atoms with Gasteiger partial charge in [0.15, 0.2) is 6.61 Å². The van der Waals surface area contributed by atoms with Crippen LogP contribution < -0.4 is 4.74 Å². The van der Waals surface area contributed by atoms with Crippen LogP contribution in [-0.2, 0) is 12.8 Å². The van der Waals surface area contributed by atoms with Gasteiger partial charge in [-0.15, -0.1) is 11.3 Å². The van der Waals surface area contributed by atoms with E-state index in [9.17, 15) is 4.79 Å². The van der Waals surface area contributed by atoms with E-state index in [0.717, 1.165) is 46.6 Å². The van der Waals surface area contributed by atoms with Gasteiger partial charge in [-0.1, -0.05) is 6.07 Å². The molecule has 0 bridgehead atoms. The number of benzene rings is 1. The third-order valence-corrected chi connectivity index (χ3v) is 7.49. The van der Waals surface area contributed by atoms with Crippen molar-refractivity contribution in [2.75, 3.05) is 6.61 Å². The van der Waals surface area contributed by atoms with Crippen LogP contribution in [0.3, 0.4) is 0 Å². The number of carbonyl (C=O) groups excluding carboxylic acids is 1. The summed E-state index contributed by atoms with van der Waals surface area (Å²) in [5, 5.41) is 0.994. The molecule has 5 rings (SSSR count). The lowest BCUT2D eigenvalue weighted by Crippen LogP contribution is -2.13. The lowest BCUT2D eigenvalue weighted by Gasteiger charge is -2.12. The summed E-state index contributed by atoms with van der Waals surface area (Å²) in [5.74, 6) is 0.488. The fraction of sp³-hybridized carbons (Fsp3) is 0.320. The average molecular weight is 432 g/mol. The monoisotopic (exact) mass is 431 g/mol. The van der Waals surface area contributed by atoms with E-state index < -0.39 is 0 Å². The van der Waals surface area contributed by atoms with Crippen molar-refractivity contribution in [1.82, 2.24) is 14.5 Å². The van der Waals surface area contributed by atoms with Crippen molar-refractivity contribution in [3.63, 3.8) is 0 Å². The molecule has 6 heteroatoms. The van der Waals surface area contributed by atoms with Gasteiger partial charge in [0.1, 0.15) is 11.2 Å². The van der Waals surface area contributed by atoms with Gasteiger partial charge in [0, 0.05) is 27.5 Å². The Morgan fingerprint density at radius 1 is 1.10 bits per heavy atom. The molecule has 3 aromatic heterocycles. The van der Waals surface area contributed by atoms with Crippen molar-refractivity contribution in [2.45, 2.75) is 47.0 Å². The highest BCUT2D eigenvalue weighted by molar-refractivity contribution is 7.18. The molecule has 0 spiro atoms. The second-order valence-corrected chi connectivity index (χ2v) is 9.40. The van der Waals surface area contributed by atoms with Gasteiger partial charge >= 0.3 is 0 Å². The van der Waals surface area contributed by atoms with Gasteiger partial charge in [-0.05, 0) is 81.8 Å². The molecule has 3 heterocycles. The van der Waals surface area contributed by atoms with E-state index in [0.29, 0.717) is 11.4 Å². The van der Waals surface area contributed by atoms with Crippen LogP contribution in [0.1, 0.15) is 49.7 Å². The van der Waals surface area contributed by atoms with Crippen LogP contribution in [0.15, 0.2) is 30.6 Å². The van der Waals surface area contributed by atoms with Gasteiger partial charge in [-0.25, -0.2) is 9.97 Å². The molecule has 0 fully saturated rings. The maximum Gasteiger partial charge on any atom is 0.226 e. The van der Waals surface area contributed by atoms with E-state index in [1.54, 1.807) is 11.3 Å². The summed E-state index contributed by atoms with van der Waals surface area (Å²) in [7, 11) is 0. The van der Waals surface area contributed by atoms with E-state index >= 15 is 0 Å². The molecule has 0 radical (unpaired) electrons. The third kappa shape index (κ3) is 3.35. The minimum Gasteiger partial charge on any atom is -0.469 e. The normalized spacial score (nSPS) is 13.0. The molecule has 0 atom stereocenters. The van der Waals surface area contributed by atoms with E-state index in [4.69, 9.17) is 4.74 Å². The zero-order valence-electron chi connectivity index (χ0n) is 18.3. The number of ketones is 1. The smallest absolute Gasteiger partial charge is 0.226 e. The van der Waals surface area contributed by atoms with Crippen molar-refractivity contribution in [3.05, 3.63) is 69.1 Å². The Labute approximate surface area is 185 Å². The zero-order chi connectivity index (χ0) is 21.7. The minimum atomic E-state index is -0.0400. The largest absolute Gasteiger partial charge is 0.469 e. The molecule has 0 saturated heterocycles. The van der Waals surface area contributed by atoms with Gasteiger partial charge in [-0.3, -0.25) is 4.79 Å². The molecule has 1 aliphatic rings. The Bertz CT molecular complexity index is 1330. The van der Waals surface area contributed by atoms with Gasteiger partial charge in [0.05, 0.1) is 5.39 Å². The first-order chi connectivity index (χ1) is 14.9. The van der Waals surface area contributed by atoms with Crippen LogP contribution in [0.5, 0.6) is 5.88 Å². The molecular weight excluding hydrogens is 406 g/mol. The maximum atomic E-state index is 13.1. The summed E-state index contributed by atoms with van der Waals surface area (Å²) >= 11 is 1.72. The molecule has 0 N–H and O–H groups in total. The summed E-state index contributed by atoms with van der Waals surface area (Å²) in [6, 6.07) is 8.33. The molecule has 0 amide bonds. The van der Waals surface area contributed by atoms with Crippen molar-refractivity contribution in [2.24, 2.45) is 0 Å². The molecule has 0 saturated carbocycles. The number of hydrogen-bond acceptors (Lipinski definition) is 5. The van der Waals surface area contributed by atoms with E-state index in [-0.39, 0.29) is 12.4 Å². The summed E-state index contributed by atoms with van der Waals surface area (Å²) in [6.07, 6.45) is 4.82. The Morgan fingerprint density at radius 2 is 1.94 bits per heavy atom. The number of aryl methyl sites for hydroxylation is 5. The molecule has 4 aromatic rings. The van der Waals surface area contributed by atoms with E-state index in [2.05, 4.69) is 46.6 Å². The van der Waals surface area contributed by atoms with Crippen LogP contribution in [0.25, 0.3) is 15.9 Å². The molecule has 5 nitrogen and oxygen atoms in total. The SMILES string of the molecule is Cc1ccc(-n2c(C)cc(C(=O)COc3ncnc4sc5c(c34)CCC5)c2C)cc1C. The van der Waals surface area contributed by atoms with Crippen LogP contribution in [-0.4, -0.2) is 26.9 Å².